The van der Waals surface area contributed by atoms with E-state index in [1.54, 1.807) is 24.3 Å². The molecule has 0 unspecified atom stereocenters. The van der Waals surface area contributed by atoms with E-state index in [1.165, 1.54) is 0 Å². The average molecular weight is 226 g/mol. The number of halogens is 3. The van der Waals surface area contributed by atoms with E-state index in [2.05, 4.69) is 0 Å². The number of hydrogen-bond donors (Lipinski definition) is 1. The fourth-order valence-electron chi connectivity index (χ4n) is 0.851. The third kappa shape index (κ3) is 2.27. The first-order valence-corrected chi connectivity index (χ1v) is 4.58. The third-order valence-corrected chi connectivity index (χ3v) is 2.28. The van der Waals surface area contributed by atoms with Gasteiger partial charge < -0.3 is 5.11 Å². The Morgan fingerprint density at radius 3 is 2.25 bits per heavy atom. The van der Waals surface area contributed by atoms with Crippen LogP contribution in [-0.4, -0.2) is 9.94 Å². The molecule has 1 atom stereocenters. The summed E-state index contributed by atoms with van der Waals surface area (Å²) in [5.41, 5.74) is 0.550. The third-order valence-electron chi connectivity index (χ3n) is 1.46. The molecule has 1 aromatic carbocycles. The van der Waals surface area contributed by atoms with Gasteiger partial charge in [-0.05, 0) is 6.07 Å². The largest absolute Gasteiger partial charge is 0.386 e. The van der Waals surface area contributed by atoms with Crippen molar-refractivity contribution in [1.29, 1.82) is 0 Å². The van der Waals surface area contributed by atoms with Crippen molar-refractivity contribution in [3.8, 4) is 0 Å². The van der Waals surface area contributed by atoms with E-state index in [0.29, 0.717) is 10.6 Å². The van der Waals surface area contributed by atoms with Gasteiger partial charge in [0.05, 0.1) is 0 Å². The van der Waals surface area contributed by atoms with Crippen molar-refractivity contribution >= 4 is 34.8 Å². The van der Waals surface area contributed by atoms with Crippen LogP contribution in [0.1, 0.15) is 11.7 Å². The fourth-order valence-corrected chi connectivity index (χ4v) is 1.37. The van der Waals surface area contributed by atoms with Crippen LogP contribution in [0, 0.1) is 0 Å². The summed E-state index contributed by atoms with van der Waals surface area (Å²) in [4.78, 5) is -0.857. The minimum atomic E-state index is -0.929. The maximum atomic E-state index is 9.43. The smallest absolute Gasteiger partial charge is 0.137 e. The van der Waals surface area contributed by atoms with Gasteiger partial charge in [0.1, 0.15) is 10.9 Å². The van der Waals surface area contributed by atoms with Crippen LogP contribution in [0.15, 0.2) is 24.3 Å². The number of benzene rings is 1. The molecule has 1 nitrogen and oxygen atoms in total. The minimum Gasteiger partial charge on any atom is -0.386 e. The summed E-state index contributed by atoms with van der Waals surface area (Å²) in [6, 6.07) is 6.90. The minimum absolute atomic E-state index is 0.469. The van der Waals surface area contributed by atoms with Gasteiger partial charge in [-0.1, -0.05) is 29.8 Å². The SMILES string of the molecule is O[C@@H](c1ccccc1Cl)C(Cl)Cl. The molecule has 66 valence electrons. The molecule has 1 rings (SSSR count). The summed E-state index contributed by atoms with van der Waals surface area (Å²) < 4.78 is 0. The molecule has 0 aliphatic carbocycles. The van der Waals surface area contributed by atoms with Gasteiger partial charge in [0.25, 0.3) is 0 Å². The first-order chi connectivity index (χ1) is 5.63. The molecular formula is C8H7Cl3O. The summed E-state index contributed by atoms with van der Waals surface area (Å²) in [7, 11) is 0. The quantitative estimate of drug-likeness (QED) is 0.767. The van der Waals surface area contributed by atoms with Gasteiger partial charge in [-0.3, -0.25) is 0 Å². The Morgan fingerprint density at radius 2 is 1.75 bits per heavy atom. The molecule has 0 amide bonds. The highest BCUT2D eigenvalue weighted by Crippen LogP contribution is 2.28. The highest BCUT2D eigenvalue weighted by Gasteiger charge is 2.17. The van der Waals surface area contributed by atoms with Gasteiger partial charge in [0.2, 0.25) is 0 Å². The summed E-state index contributed by atoms with van der Waals surface area (Å²) in [6.07, 6.45) is -0.929. The fraction of sp³-hybridized carbons (Fsp3) is 0.250. The van der Waals surface area contributed by atoms with E-state index in [1.807, 2.05) is 0 Å². The van der Waals surface area contributed by atoms with E-state index >= 15 is 0 Å². The van der Waals surface area contributed by atoms with Gasteiger partial charge in [-0.2, -0.15) is 0 Å². The summed E-state index contributed by atoms with van der Waals surface area (Å²) in [5, 5.41) is 9.90. The lowest BCUT2D eigenvalue weighted by atomic mass is 10.1. The van der Waals surface area contributed by atoms with E-state index in [4.69, 9.17) is 34.8 Å². The zero-order valence-electron chi connectivity index (χ0n) is 6.05. The van der Waals surface area contributed by atoms with Crippen molar-refractivity contribution in [2.45, 2.75) is 10.9 Å². The summed E-state index contributed by atoms with van der Waals surface area (Å²) in [5.74, 6) is 0. The molecule has 0 heterocycles. The van der Waals surface area contributed by atoms with E-state index in [0.717, 1.165) is 0 Å². The van der Waals surface area contributed by atoms with Crippen LogP contribution in [0.2, 0.25) is 5.02 Å². The van der Waals surface area contributed by atoms with E-state index < -0.39 is 10.9 Å². The van der Waals surface area contributed by atoms with E-state index in [-0.39, 0.29) is 0 Å². The normalized spacial score (nSPS) is 13.4. The number of hydrogen-bond acceptors (Lipinski definition) is 1. The summed E-state index contributed by atoms with van der Waals surface area (Å²) in [6.45, 7) is 0. The van der Waals surface area contributed by atoms with Gasteiger partial charge >= 0.3 is 0 Å². The highest BCUT2D eigenvalue weighted by atomic mass is 35.5. The van der Waals surface area contributed by atoms with Crippen LogP contribution >= 0.6 is 34.8 Å². The molecule has 0 bridgehead atoms. The second-order valence-electron chi connectivity index (χ2n) is 2.30. The predicted molar refractivity (Wildman–Crippen MR) is 51.9 cm³/mol. The van der Waals surface area contributed by atoms with Crippen LogP contribution in [-0.2, 0) is 0 Å². The summed E-state index contributed by atoms with van der Waals surface area (Å²) >= 11 is 16.8. The van der Waals surface area contributed by atoms with Crippen LogP contribution in [0.3, 0.4) is 0 Å². The molecule has 1 aromatic rings. The molecule has 0 aliphatic rings. The Labute approximate surface area is 85.9 Å². The van der Waals surface area contributed by atoms with Crippen LogP contribution in [0.5, 0.6) is 0 Å². The first-order valence-electron chi connectivity index (χ1n) is 3.33. The molecule has 0 aromatic heterocycles. The zero-order valence-corrected chi connectivity index (χ0v) is 8.31. The van der Waals surface area contributed by atoms with Crippen molar-refractivity contribution in [2.24, 2.45) is 0 Å². The number of aliphatic hydroxyl groups excluding tert-OH is 1. The molecule has 0 saturated carbocycles. The Bertz CT molecular complexity index is 262. The Hall–Kier alpha value is 0.0500. The van der Waals surface area contributed by atoms with Crippen molar-refractivity contribution < 1.29 is 5.11 Å². The molecule has 4 heteroatoms. The molecule has 1 N–H and O–H groups in total. The molecule has 0 aliphatic heterocycles. The lowest BCUT2D eigenvalue weighted by molar-refractivity contribution is 0.193. The monoisotopic (exact) mass is 224 g/mol. The molecule has 0 saturated heterocycles. The second kappa shape index (κ2) is 4.33. The number of alkyl halides is 2. The van der Waals surface area contributed by atoms with Crippen LogP contribution in [0.4, 0.5) is 0 Å². The Kier molecular flexibility index (Phi) is 3.66. The van der Waals surface area contributed by atoms with Gasteiger partial charge in [0, 0.05) is 10.6 Å². The molecule has 0 fully saturated rings. The molecular weight excluding hydrogens is 218 g/mol. The Morgan fingerprint density at radius 1 is 1.17 bits per heavy atom. The number of aliphatic hydroxyl groups is 1. The van der Waals surface area contributed by atoms with Crippen molar-refractivity contribution in [2.75, 3.05) is 0 Å². The van der Waals surface area contributed by atoms with Crippen LogP contribution in [0.25, 0.3) is 0 Å². The van der Waals surface area contributed by atoms with Crippen molar-refractivity contribution in [3.05, 3.63) is 34.9 Å². The maximum Gasteiger partial charge on any atom is 0.137 e. The zero-order chi connectivity index (χ0) is 9.14. The Balaban J connectivity index is 2.94. The van der Waals surface area contributed by atoms with Gasteiger partial charge in [-0.15, -0.1) is 23.2 Å². The number of rotatable bonds is 2. The lowest BCUT2D eigenvalue weighted by Gasteiger charge is -2.12. The maximum absolute atomic E-state index is 9.43. The van der Waals surface area contributed by atoms with Crippen LogP contribution < -0.4 is 0 Å². The molecule has 0 radical (unpaired) electrons. The second-order valence-corrected chi connectivity index (χ2v) is 3.87. The highest BCUT2D eigenvalue weighted by molar-refractivity contribution is 6.44. The van der Waals surface area contributed by atoms with Gasteiger partial charge in [0.15, 0.2) is 0 Å². The predicted octanol–water partition coefficient (Wildman–Crippen LogP) is 3.18. The molecule has 12 heavy (non-hydrogen) atoms. The topological polar surface area (TPSA) is 20.2 Å². The molecule has 0 spiro atoms. The first kappa shape index (κ1) is 10.1. The average Bonchev–Trinajstić information content (AvgIpc) is 2.04. The van der Waals surface area contributed by atoms with Crippen molar-refractivity contribution in [3.63, 3.8) is 0 Å². The lowest BCUT2D eigenvalue weighted by Crippen LogP contribution is -2.06. The van der Waals surface area contributed by atoms with E-state index in [9.17, 15) is 5.11 Å². The standard InChI is InChI=1S/C8H7Cl3O/c9-6-4-2-1-3-5(6)7(12)8(10)11/h1-4,7-8,12H/t7-/m0/s1. The van der Waals surface area contributed by atoms with Gasteiger partial charge in [-0.25, -0.2) is 0 Å². The van der Waals surface area contributed by atoms with Crippen molar-refractivity contribution in [1.82, 2.24) is 0 Å².